The molecular weight excluding hydrogens is 278 g/mol. The number of carbonyl (C=O) groups is 1. The van der Waals surface area contributed by atoms with Crippen LogP contribution in [-0.2, 0) is 0 Å². The van der Waals surface area contributed by atoms with E-state index in [1.54, 1.807) is 12.1 Å². The Kier molecular flexibility index (Phi) is 4.39. The van der Waals surface area contributed by atoms with E-state index in [0.29, 0.717) is 21.7 Å². The predicted molar refractivity (Wildman–Crippen MR) is 63.6 cm³/mol. The first-order chi connectivity index (χ1) is 7.62. The van der Waals surface area contributed by atoms with Crippen molar-refractivity contribution in [1.82, 2.24) is 5.43 Å². The zero-order valence-electron chi connectivity index (χ0n) is 8.83. The van der Waals surface area contributed by atoms with Gasteiger partial charge in [-0.25, -0.2) is 10.6 Å². The van der Waals surface area contributed by atoms with Gasteiger partial charge in [0.2, 0.25) is 0 Å². The summed E-state index contributed by atoms with van der Waals surface area (Å²) in [6.07, 6.45) is 0. The zero-order valence-corrected chi connectivity index (χ0v) is 10.4. The van der Waals surface area contributed by atoms with Crippen molar-refractivity contribution < 1.29 is 14.3 Å². The Morgan fingerprint density at radius 2 is 1.88 bits per heavy atom. The third kappa shape index (κ3) is 2.77. The smallest absolute Gasteiger partial charge is 0.333 e. The number of rotatable bonds is 3. The van der Waals surface area contributed by atoms with Crippen LogP contribution in [0.25, 0.3) is 0 Å². The van der Waals surface area contributed by atoms with Gasteiger partial charge in [0.15, 0.2) is 11.5 Å². The van der Waals surface area contributed by atoms with Crippen molar-refractivity contribution in [1.29, 1.82) is 0 Å². The molecule has 1 rings (SSSR count). The van der Waals surface area contributed by atoms with E-state index in [1.807, 2.05) is 5.43 Å². The molecule has 1 aromatic rings. The molecule has 88 valence electrons. The van der Waals surface area contributed by atoms with Crippen LogP contribution >= 0.6 is 15.9 Å². The van der Waals surface area contributed by atoms with Gasteiger partial charge >= 0.3 is 6.03 Å². The summed E-state index contributed by atoms with van der Waals surface area (Å²) in [6.45, 7) is 0. The number of methoxy groups -OCH3 is 2. The first kappa shape index (κ1) is 12.6. The molecule has 16 heavy (non-hydrogen) atoms. The van der Waals surface area contributed by atoms with E-state index in [9.17, 15) is 4.79 Å². The van der Waals surface area contributed by atoms with Gasteiger partial charge in [0.25, 0.3) is 0 Å². The second-order valence-corrected chi connectivity index (χ2v) is 3.64. The molecule has 0 aliphatic heterocycles. The van der Waals surface area contributed by atoms with Crippen molar-refractivity contribution in [2.45, 2.75) is 0 Å². The molecule has 0 radical (unpaired) electrons. The Hall–Kier alpha value is -1.47. The maximum Gasteiger partial charge on any atom is 0.333 e. The molecule has 4 N–H and O–H groups in total. The minimum Gasteiger partial charge on any atom is -0.493 e. The van der Waals surface area contributed by atoms with Gasteiger partial charge in [-0.2, -0.15) is 0 Å². The van der Waals surface area contributed by atoms with Crippen molar-refractivity contribution in [2.75, 3.05) is 19.5 Å². The van der Waals surface area contributed by atoms with E-state index in [1.165, 1.54) is 14.2 Å². The highest BCUT2D eigenvalue weighted by Gasteiger charge is 2.10. The lowest BCUT2D eigenvalue weighted by Crippen LogP contribution is -2.34. The number of hydrogen-bond acceptors (Lipinski definition) is 4. The fourth-order valence-corrected chi connectivity index (χ4v) is 1.53. The van der Waals surface area contributed by atoms with Crippen LogP contribution in [0.4, 0.5) is 10.5 Å². The maximum absolute atomic E-state index is 11.0. The minimum absolute atomic E-state index is 0.512. The maximum atomic E-state index is 11.0. The van der Waals surface area contributed by atoms with E-state index in [2.05, 4.69) is 21.2 Å². The highest BCUT2D eigenvalue weighted by atomic mass is 79.9. The van der Waals surface area contributed by atoms with Crippen molar-refractivity contribution >= 4 is 27.6 Å². The van der Waals surface area contributed by atoms with Crippen LogP contribution in [0.15, 0.2) is 16.6 Å². The average molecular weight is 290 g/mol. The standard InChI is InChI=1S/C9H12BrN3O3/c1-15-7-3-5(10)6(4-8(7)16-2)12-9(14)13-11/h3-4H,11H2,1-2H3,(H2,12,13,14). The van der Waals surface area contributed by atoms with Crippen LogP contribution in [0, 0.1) is 0 Å². The molecule has 0 atom stereocenters. The molecule has 7 heteroatoms. The van der Waals surface area contributed by atoms with Crippen molar-refractivity contribution in [2.24, 2.45) is 5.84 Å². The summed E-state index contributed by atoms with van der Waals surface area (Å²) in [7, 11) is 3.04. The molecule has 0 aliphatic carbocycles. The van der Waals surface area contributed by atoms with Gasteiger partial charge in [-0.1, -0.05) is 0 Å². The van der Waals surface area contributed by atoms with Crippen LogP contribution < -0.4 is 26.1 Å². The summed E-state index contributed by atoms with van der Waals surface area (Å²) in [4.78, 5) is 11.0. The highest BCUT2D eigenvalue weighted by molar-refractivity contribution is 9.10. The number of halogens is 1. The highest BCUT2D eigenvalue weighted by Crippen LogP contribution is 2.36. The Bertz CT molecular complexity index is 398. The molecular formula is C9H12BrN3O3. The largest absolute Gasteiger partial charge is 0.493 e. The lowest BCUT2D eigenvalue weighted by molar-refractivity contribution is 0.252. The number of carbonyl (C=O) groups excluding carboxylic acids is 1. The average Bonchev–Trinajstić information content (AvgIpc) is 2.30. The SMILES string of the molecule is COc1cc(Br)c(NC(=O)NN)cc1OC. The molecule has 0 aliphatic rings. The van der Waals surface area contributed by atoms with Crippen molar-refractivity contribution in [3.05, 3.63) is 16.6 Å². The number of anilines is 1. The molecule has 0 saturated heterocycles. The summed E-state index contributed by atoms with van der Waals surface area (Å²) in [5.74, 6) is 6.04. The van der Waals surface area contributed by atoms with Crippen molar-refractivity contribution in [3.63, 3.8) is 0 Å². The second kappa shape index (κ2) is 5.57. The van der Waals surface area contributed by atoms with Gasteiger partial charge in [-0.15, -0.1) is 0 Å². The van der Waals surface area contributed by atoms with E-state index < -0.39 is 6.03 Å². The number of ether oxygens (including phenoxy) is 2. The predicted octanol–water partition coefficient (Wildman–Crippen LogP) is 1.46. The van der Waals surface area contributed by atoms with E-state index >= 15 is 0 Å². The van der Waals surface area contributed by atoms with E-state index in [0.717, 1.165) is 0 Å². The Morgan fingerprint density at radius 1 is 1.31 bits per heavy atom. The molecule has 0 unspecified atom stereocenters. The molecule has 0 bridgehead atoms. The second-order valence-electron chi connectivity index (χ2n) is 2.79. The fraction of sp³-hybridized carbons (Fsp3) is 0.222. The van der Waals surface area contributed by atoms with Crippen molar-refractivity contribution in [3.8, 4) is 11.5 Å². The number of hydrazine groups is 1. The quantitative estimate of drug-likeness (QED) is 0.447. The topological polar surface area (TPSA) is 85.6 Å². The molecule has 0 aromatic heterocycles. The zero-order chi connectivity index (χ0) is 12.1. The summed E-state index contributed by atoms with van der Waals surface area (Å²) in [5.41, 5.74) is 2.49. The number of benzene rings is 1. The van der Waals surface area contributed by atoms with Gasteiger partial charge < -0.3 is 14.8 Å². The molecule has 0 fully saturated rings. The van der Waals surface area contributed by atoms with Gasteiger partial charge in [0.05, 0.1) is 19.9 Å². The summed E-state index contributed by atoms with van der Waals surface area (Å²) in [5, 5.41) is 2.53. The van der Waals surface area contributed by atoms with Crippen LogP contribution in [0.1, 0.15) is 0 Å². The Balaban J connectivity index is 3.06. The van der Waals surface area contributed by atoms with Gasteiger partial charge in [0, 0.05) is 16.6 Å². The van der Waals surface area contributed by atoms with Crippen LogP contribution in [0.2, 0.25) is 0 Å². The van der Waals surface area contributed by atoms with E-state index in [-0.39, 0.29) is 0 Å². The Labute approximate surface area is 101 Å². The number of urea groups is 1. The lowest BCUT2D eigenvalue weighted by Gasteiger charge is -2.12. The Morgan fingerprint density at radius 3 is 2.38 bits per heavy atom. The third-order valence-corrected chi connectivity index (χ3v) is 2.51. The molecule has 0 spiro atoms. The normalized spacial score (nSPS) is 9.50. The molecule has 6 nitrogen and oxygen atoms in total. The van der Waals surface area contributed by atoms with Crippen LogP contribution in [0.5, 0.6) is 11.5 Å². The molecule has 2 amide bonds. The molecule has 0 heterocycles. The monoisotopic (exact) mass is 289 g/mol. The van der Waals surface area contributed by atoms with Crippen LogP contribution in [0.3, 0.4) is 0 Å². The summed E-state index contributed by atoms with van der Waals surface area (Å²) >= 11 is 3.29. The van der Waals surface area contributed by atoms with Gasteiger partial charge in [-0.05, 0) is 15.9 Å². The number of nitrogens with two attached hydrogens (primary N) is 1. The first-order valence-corrected chi connectivity index (χ1v) is 5.10. The van der Waals surface area contributed by atoms with Gasteiger partial charge in [-0.3, -0.25) is 5.43 Å². The molecule has 0 saturated carbocycles. The number of nitrogens with one attached hydrogen (secondary N) is 2. The summed E-state index contributed by atoms with van der Waals surface area (Å²) < 4.78 is 10.9. The third-order valence-electron chi connectivity index (χ3n) is 1.85. The summed E-state index contributed by atoms with van der Waals surface area (Å²) in [6, 6.07) is 2.79. The number of amides is 2. The fourth-order valence-electron chi connectivity index (χ4n) is 1.11. The lowest BCUT2D eigenvalue weighted by atomic mass is 10.3. The van der Waals surface area contributed by atoms with Crippen LogP contribution in [-0.4, -0.2) is 20.3 Å². The first-order valence-electron chi connectivity index (χ1n) is 4.31. The minimum atomic E-state index is -0.520. The van der Waals surface area contributed by atoms with E-state index in [4.69, 9.17) is 15.3 Å². The number of hydrogen-bond donors (Lipinski definition) is 3. The molecule has 1 aromatic carbocycles. The van der Waals surface area contributed by atoms with Gasteiger partial charge in [0.1, 0.15) is 0 Å².